The van der Waals surface area contributed by atoms with E-state index in [9.17, 15) is 8.78 Å². The van der Waals surface area contributed by atoms with E-state index < -0.39 is 12.0 Å². The molecule has 0 spiro atoms. The summed E-state index contributed by atoms with van der Waals surface area (Å²) >= 11 is 0. The van der Waals surface area contributed by atoms with Gasteiger partial charge >= 0.3 is 6.01 Å². The maximum absolute atomic E-state index is 14.8. The van der Waals surface area contributed by atoms with Gasteiger partial charge in [-0.05, 0) is 55.2 Å². The smallest absolute Gasteiger partial charge is 0.319 e. The molecule has 1 aliphatic carbocycles. The number of nitrogens with one attached hydrogen (secondary N) is 1. The van der Waals surface area contributed by atoms with Gasteiger partial charge in [0.2, 0.25) is 0 Å². The average Bonchev–Trinajstić information content (AvgIpc) is 3.54. The first kappa shape index (κ1) is 26.7. The lowest BCUT2D eigenvalue weighted by atomic mass is 9.95. The monoisotopic (exact) mass is 580 g/mol. The molecule has 8 rings (SSSR count). The van der Waals surface area contributed by atoms with E-state index in [1.54, 1.807) is 12.3 Å². The van der Waals surface area contributed by atoms with Crippen molar-refractivity contribution >= 4 is 27.6 Å². The number of piperazine rings is 1. The number of fused-ring (bicyclic) bond motifs is 4. The number of hydrogen-bond acceptors (Lipinski definition) is 7. The molecular formula is C34H34F2N6O. The average molecular weight is 581 g/mol. The summed E-state index contributed by atoms with van der Waals surface area (Å²) in [6, 6.07) is 12.1. The standard InChI is InChI=1S/C34H34F2N6O/c1-2-26-28(36)9-6-21-4-3-5-27(30(21)26)22-14-29-31(37-15-22)32(42-17-24-7-8-25(18-42)38-24)40-33(39-29)43-20-34(11-12-34)19-41-13-10-23(35)16-41/h1,3-6,9,14-15,23-25,38H,7-8,10-13,16-20H2/t23-,24?,25?/m1/s1. The largest absolute Gasteiger partial charge is 0.463 e. The predicted octanol–water partition coefficient (Wildman–Crippen LogP) is 5.11. The molecular weight excluding hydrogens is 546 g/mol. The van der Waals surface area contributed by atoms with Crippen molar-refractivity contribution in [1.82, 2.24) is 25.2 Å². The van der Waals surface area contributed by atoms with Crippen LogP contribution in [0.3, 0.4) is 0 Å². The van der Waals surface area contributed by atoms with Gasteiger partial charge in [0.25, 0.3) is 0 Å². The number of rotatable bonds is 7. The Labute approximate surface area is 249 Å². The lowest BCUT2D eigenvalue weighted by Gasteiger charge is -2.34. The molecule has 2 aromatic heterocycles. The van der Waals surface area contributed by atoms with Gasteiger partial charge in [-0.3, -0.25) is 9.88 Å². The topological polar surface area (TPSA) is 66.4 Å². The fourth-order valence-electron chi connectivity index (χ4n) is 7.27. The summed E-state index contributed by atoms with van der Waals surface area (Å²) in [5.41, 5.74) is 3.25. The van der Waals surface area contributed by atoms with Crippen LogP contribution in [0, 0.1) is 23.6 Å². The van der Waals surface area contributed by atoms with E-state index in [4.69, 9.17) is 26.1 Å². The number of nitrogens with zero attached hydrogens (tertiary/aromatic N) is 5. The van der Waals surface area contributed by atoms with Crippen LogP contribution in [0.1, 0.15) is 37.7 Å². The van der Waals surface area contributed by atoms with Crippen LogP contribution >= 0.6 is 0 Å². The molecule has 4 fully saturated rings. The van der Waals surface area contributed by atoms with E-state index in [1.807, 2.05) is 24.3 Å². The molecule has 0 amide bonds. The number of alkyl halides is 1. The van der Waals surface area contributed by atoms with Crippen LogP contribution < -0.4 is 15.0 Å². The van der Waals surface area contributed by atoms with Crippen LogP contribution in [-0.2, 0) is 0 Å². The van der Waals surface area contributed by atoms with E-state index in [2.05, 4.69) is 21.0 Å². The number of benzene rings is 2. The Morgan fingerprint density at radius 1 is 1.07 bits per heavy atom. The number of pyridine rings is 1. The first-order chi connectivity index (χ1) is 21.0. The lowest BCUT2D eigenvalue weighted by molar-refractivity contribution is 0.165. The van der Waals surface area contributed by atoms with E-state index in [1.165, 1.54) is 6.07 Å². The second-order valence-electron chi connectivity index (χ2n) is 12.8. The lowest BCUT2D eigenvalue weighted by Crippen LogP contribution is -2.51. The Hall–Kier alpha value is -3.87. The molecule has 3 atom stereocenters. The van der Waals surface area contributed by atoms with E-state index >= 15 is 0 Å². The van der Waals surface area contributed by atoms with Crippen LogP contribution in [-0.4, -0.2) is 77.4 Å². The number of terminal acetylenes is 1. The van der Waals surface area contributed by atoms with Crippen molar-refractivity contribution in [3.8, 4) is 29.5 Å². The highest BCUT2D eigenvalue weighted by atomic mass is 19.1. The van der Waals surface area contributed by atoms with Gasteiger partial charge in [-0.1, -0.05) is 30.2 Å². The molecule has 4 aromatic rings. The SMILES string of the molecule is C#Cc1c(F)ccc2cccc(-c3cnc4c(N5CC6CCC(C5)N6)nc(OCC5(CN6CC[C@@H](F)C6)CC5)nc4c3)c12. The first-order valence-corrected chi connectivity index (χ1v) is 15.3. The summed E-state index contributed by atoms with van der Waals surface area (Å²) in [7, 11) is 0. The first-order valence-electron chi connectivity index (χ1n) is 15.3. The molecule has 2 bridgehead atoms. The number of halogens is 2. The molecule has 1 saturated carbocycles. The predicted molar refractivity (Wildman–Crippen MR) is 163 cm³/mol. The van der Waals surface area contributed by atoms with Crippen molar-refractivity contribution in [2.45, 2.75) is 50.4 Å². The quantitative estimate of drug-likeness (QED) is 0.305. The fraction of sp³-hybridized carbons (Fsp3) is 0.441. The van der Waals surface area contributed by atoms with E-state index in [0.29, 0.717) is 54.1 Å². The molecule has 9 heteroatoms. The van der Waals surface area contributed by atoms with Crippen molar-refractivity contribution in [2.75, 3.05) is 44.2 Å². The minimum atomic E-state index is -0.728. The van der Waals surface area contributed by atoms with Crippen molar-refractivity contribution in [3.05, 3.63) is 54.0 Å². The Morgan fingerprint density at radius 2 is 1.91 bits per heavy atom. The molecule has 2 aromatic carbocycles. The van der Waals surface area contributed by atoms with Crippen molar-refractivity contribution < 1.29 is 13.5 Å². The molecule has 43 heavy (non-hydrogen) atoms. The minimum absolute atomic E-state index is 0.0233. The number of ether oxygens (including phenoxy) is 1. The van der Waals surface area contributed by atoms with E-state index in [0.717, 1.165) is 74.2 Å². The van der Waals surface area contributed by atoms with Gasteiger partial charge in [-0.2, -0.15) is 9.97 Å². The number of likely N-dealkylation sites (tertiary alicyclic amines) is 1. The molecule has 3 aliphatic heterocycles. The Balaban J connectivity index is 1.18. The van der Waals surface area contributed by atoms with Crippen LogP contribution in [0.15, 0.2) is 42.6 Å². The summed E-state index contributed by atoms with van der Waals surface area (Å²) in [4.78, 5) is 19.2. The van der Waals surface area contributed by atoms with Gasteiger partial charge in [-0.15, -0.1) is 6.42 Å². The van der Waals surface area contributed by atoms with Gasteiger partial charge in [0.15, 0.2) is 5.82 Å². The summed E-state index contributed by atoms with van der Waals surface area (Å²) in [5.74, 6) is 2.91. The summed E-state index contributed by atoms with van der Waals surface area (Å²) < 4.78 is 34.9. The molecule has 7 nitrogen and oxygen atoms in total. The van der Waals surface area contributed by atoms with Crippen LogP contribution in [0.2, 0.25) is 0 Å². The number of hydrogen-bond donors (Lipinski definition) is 1. The van der Waals surface area contributed by atoms with Gasteiger partial charge < -0.3 is 15.0 Å². The van der Waals surface area contributed by atoms with E-state index in [-0.39, 0.29) is 11.0 Å². The second-order valence-corrected chi connectivity index (χ2v) is 12.8. The van der Waals surface area contributed by atoms with Gasteiger partial charge in [-0.25, -0.2) is 8.78 Å². The Kier molecular flexibility index (Phi) is 6.46. The van der Waals surface area contributed by atoms with Gasteiger partial charge in [0.05, 0.1) is 17.7 Å². The number of anilines is 1. The molecule has 5 heterocycles. The zero-order valence-electron chi connectivity index (χ0n) is 24.0. The molecule has 2 unspecified atom stereocenters. The minimum Gasteiger partial charge on any atom is -0.463 e. The number of aromatic nitrogens is 3. The third kappa shape index (κ3) is 4.96. The summed E-state index contributed by atoms with van der Waals surface area (Å²) in [6.07, 6.45) is 11.9. The van der Waals surface area contributed by atoms with Crippen molar-refractivity contribution in [1.29, 1.82) is 0 Å². The maximum atomic E-state index is 14.8. The second kappa shape index (κ2) is 10.4. The molecule has 3 saturated heterocycles. The van der Waals surface area contributed by atoms with Crippen LogP contribution in [0.5, 0.6) is 6.01 Å². The third-order valence-corrected chi connectivity index (χ3v) is 9.70. The Morgan fingerprint density at radius 3 is 2.65 bits per heavy atom. The highest BCUT2D eigenvalue weighted by Gasteiger charge is 2.46. The van der Waals surface area contributed by atoms with Gasteiger partial charge in [0.1, 0.15) is 17.5 Å². The molecule has 0 radical (unpaired) electrons. The van der Waals surface area contributed by atoms with Gasteiger partial charge in [0, 0.05) is 67.4 Å². The van der Waals surface area contributed by atoms with Crippen molar-refractivity contribution in [2.24, 2.45) is 5.41 Å². The molecule has 220 valence electrons. The van der Waals surface area contributed by atoms with Crippen molar-refractivity contribution in [3.63, 3.8) is 0 Å². The van der Waals surface area contributed by atoms with Crippen LogP contribution in [0.25, 0.3) is 32.9 Å². The normalized spacial score (nSPS) is 24.5. The zero-order chi connectivity index (χ0) is 29.1. The highest BCUT2D eigenvalue weighted by Crippen LogP contribution is 2.47. The van der Waals surface area contributed by atoms with Crippen LogP contribution in [0.4, 0.5) is 14.6 Å². The molecule has 1 N–H and O–H groups in total. The fourth-order valence-corrected chi connectivity index (χ4v) is 7.27. The third-order valence-electron chi connectivity index (χ3n) is 9.70. The Bertz CT molecular complexity index is 1760. The summed E-state index contributed by atoms with van der Waals surface area (Å²) in [5, 5.41) is 5.24. The maximum Gasteiger partial charge on any atom is 0.319 e. The summed E-state index contributed by atoms with van der Waals surface area (Å²) in [6.45, 7) is 4.36. The zero-order valence-corrected chi connectivity index (χ0v) is 24.0. The molecule has 4 aliphatic rings. The highest BCUT2D eigenvalue weighted by molar-refractivity contribution is 6.02.